The number of ether oxygens (including phenoxy) is 3. The summed E-state index contributed by atoms with van der Waals surface area (Å²) in [6.45, 7) is 0.922. The normalized spacial score (nSPS) is 37.9. The summed E-state index contributed by atoms with van der Waals surface area (Å²) >= 11 is 0. The molecule has 1 fully saturated rings. The highest BCUT2D eigenvalue weighted by molar-refractivity contribution is 5.75. The maximum absolute atomic E-state index is 11.3. The van der Waals surface area contributed by atoms with E-state index in [0.717, 1.165) is 36.4 Å². The third-order valence-electron chi connectivity index (χ3n) is 8.91. The molecule has 5 unspecified atom stereocenters. The van der Waals surface area contributed by atoms with E-state index >= 15 is 0 Å². The van der Waals surface area contributed by atoms with Gasteiger partial charge in [0.1, 0.15) is 17.6 Å². The van der Waals surface area contributed by atoms with Crippen molar-refractivity contribution in [1.29, 1.82) is 0 Å². The smallest absolute Gasteiger partial charge is 0.166 e. The van der Waals surface area contributed by atoms with Crippen LogP contribution in [-0.2, 0) is 27.6 Å². The topological polar surface area (TPSA) is 71.4 Å². The van der Waals surface area contributed by atoms with Crippen molar-refractivity contribution in [3.8, 4) is 23.0 Å². The molecule has 2 spiro atoms. The Morgan fingerprint density at radius 1 is 1.03 bits per heavy atom. The summed E-state index contributed by atoms with van der Waals surface area (Å²) in [6.07, 6.45) is 5.64. The predicted octanol–water partition coefficient (Wildman–Crippen LogP) is 2.73. The second-order valence-electron chi connectivity index (χ2n) is 9.60. The number of likely N-dealkylation sites (tertiary alicyclic amines) is 1. The Morgan fingerprint density at radius 2 is 1.81 bits per heavy atom. The summed E-state index contributed by atoms with van der Waals surface area (Å²) in [5, 5.41) is 22.3. The fraction of sp³-hybridized carbons (Fsp3) is 0.440. The Hall–Kier alpha value is -2.70. The van der Waals surface area contributed by atoms with Crippen LogP contribution in [0.1, 0.15) is 28.7 Å². The molecule has 8 rings (SSSR count). The van der Waals surface area contributed by atoms with Gasteiger partial charge >= 0.3 is 0 Å². The minimum absolute atomic E-state index is 0.122. The van der Waals surface area contributed by atoms with E-state index in [1.807, 2.05) is 6.07 Å². The van der Waals surface area contributed by atoms with Crippen LogP contribution in [0, 0.1) is 0 Å². The summed E-state index contributed by atoms with van der Waals surface area (Å²) in [4.78, 5) is 2.40. The van der Waals surface area contributed by atoms with Gasteiger partial charge in [0.05, 0.1) is 12.5 Å². The molecule has 2 aromatic rings. The number of phenolic OH excluding ortho intramolecular Hbond substituents is 2. The van der Waals surface area contributed by atoms with Gasteiger partial charge in [-0.05, 0) is 56.3 Å². The van der Waals surface area contributed by atoms with Gasteiger partial charge in [0.2, 0.25) is 0 Å². The maximum Gasteiger partial charge on any atom is 0.166 e. The molecule has 4 aliphatic carbocycles. The molecule has 4 bridgehead atoms. The molecule has 5 atom stereocenters. The van der Waals surface area contributed by atoms with Crippen molar-refractivity contribution in [2.75, 3.05) is 27.8 Å². The minimum Gasteiger partial charge on any atom is -0.508 e. The fourth-order valence-corrected chi connectivity index (χ4v) is 7.87. The molecule has 0 saturated carbocycles. The van der Waals surface area contributed by atoms with Crippen molar-refractivity contribution < 1.29 is 24.4 Å². The Labute approximate surface area is 180 Å². The Bertz CT molecular complexity index is 1210. The summed E-state index contributed by atoms with van der Waals surface area (Å²) in [5.74, 6) is 1.84. The van der Waals surface area contributed by atoms with Crippen LogP contribution in [-0.4, -0.2) is 55.1 Å². The number of methoxy groups -OCH3 is 2. The van der Waals surface area contributed by atoms with E-state index in [1.165, 1.54) is 11.1 Å². The molecule has 0 radical (unpaired) electrons. The van der Waals surface area contributed by atoms with E-state index in [1.54, 1.807) is 26.4 Å². The van der Waals surface area contributed by atoms with Crippen molar-refractivity contribution in [2.45, 2.75) is 41.4 Å². The monoisotopic (exact) mass is 419 g/mol. The van der Waals surface area contributed by atoms with Gasteiger partial charge in [0.25, 0.3) is 0 Å². The van der Waals surface area contributed by atoms with Crippen molar-refractivity contribution >= 4 is 0 Å². The SMILES string of the molecule is COc1ccc2c3c1OC1C4(OC)C=CC5(c6c(O)ccc(O)c64)C(C2)N(C)CCC315. The van der Waals surface area contributed by atoms with Crippen molar-refractivity contribution in [3.63, 3.8) is 0 Å². The van der Waals surface area contributed by atoms with Crippen LogP contribution in [0.4, 0.5) is 0 Å². The number of hydrogen-bond acceptors (Lipinski definition) is 6. The summed E-state index contributed by atoms with van der Waals surface area (Å²) in [6, 6.07) is 7.45. The van der Waals surface area contributed by atoms with Gasteiger partial charge in [-0.1, -0.05) is 12.1 Å². The average Bonchev–Trinajstić information content (AvgIpc) is 3.15. The summed E-state index contributed by atoms with van der Waals surface area (Å²) in [5.41, 5.74) is 1.94. The number of likely N-dealkylation sites (N-methyl/N-ethyl adjacent to an activating group) is 1. The van der Waals surface area contributed by atoms with Gasteiger partial charge in [-0.25, -0.2) is 0 Å². The van der Waals surface area contributed by atoms with E-state index in [9.17, 15) is 10.2 Å². The first kappa shape index (κ1) is 17.9. The lowest BCUT2D eigenvalue weighted by molar-refractivity contribution is -0.145. The van der Waals surface area contributed by atoms with E-state index in [-0.39, 0.29) is 23.6 Å². The number of nitrogens with zero attached hydrogens (tertiary/aromatic N) is 1. The quantitative estimate of drug-likeness (QED) is 0.576. The number of rotatable bonds is 2. The lowest BCUT2D eigenvalue weighted by Crippen LogP contribution is -2.77. The van der Waals surface area contributed by atoms with Gasteiger partial charge in [0.15, 0.2) is 17.1 Å². The van der Waals surface area contributed by atoms with Gasteiger partial charge in [-0.15, -0.1) is 0 Å². The highest BCUT2D eigenvalue weighted by atomic mass is 16.6. The van der Waals surface area contributed by atoms with Crippen LogP contribution >= 0.6 is 0 Å². The number of benzene rings is 2. The first-order chi connectivity index (χ1) is 15.0. The molecule has 160 valence electrons. The zero-order valence-electron chi connectivity index (χ0n) is 17.8. The molecule has 31 heavy (non-hydrogen) atoms. The highest BCUT2D eigenvalue weighted by Gasteiger charge is 2.79. The van der Waals surface area contributed by atoms with Gasteiger partial charge in [0, 0.05) is 35.3 Å². The number of piperidine rings is 1. The van der Waals surface area contributed by atoms with Crippen molar-refractivity contribution in [2.24, 2.45) is 0 Å². The molecule has 0 amide bonds. The molecular weight excluding hydrogens is 394 g/mol. The van der Waals surface area contributed by atoms with E-state index in [4.69, 9.17) is 14.2 Å². The molecule has 2 aromatic carbocycles. The lowest BCUT2D eigenvalue weighted by Gasteiger charge is -2.69. The number of phenols is 2. The van der Waals surface area contributed by atoms with Gasteiger partial charge in [-0.2, -0.15) is 0 Å². The van der Waals surface area contributed by atoms with E-state index < -0.39 is 16.4 Å². The summed E-state index contributed by atoms with van der Waals surface area (Å²) < 4.78 is 18.7. The van der Waals surface area contributed by atoms with Crippen LogP contribution in [0.3, 0.4) is 0 Å². The molecule has 2 heterocycles. The predicted molar refractivity (Wildman–Crippen MR) is 113 cm³/mol. The molecule has 6 nitrogen and oxygen atoms in total. The molecular formula is C25H25NO5. The molecule has 1 saturated heterocycles. The zero-order valence-corrected chi connectivity index (χ0v) is 17.8. The van der Waals surface area contributed by atoms with E-state index in [2.05, 4.69) is 30.2 Å². The highest BCUT2D eigenvalue weighted by Crippen LogP contribution is 2.75. The Kier molecular flexibility index (Phi) is 3.00. The van der Waals surface area contributed by atoms with Crippen molar-refractivity contribution in [3.05, 3.63) is 58.7 Å². The van der Waals surface area contributed by atoms with Gasteiger partial charge in [-0.3, -0.25) is 0 Å². The molecule has 6 aliphatic rings. The first-order valence-electron chi connectivity index (χ1n) is 10.8. The van der Waals surface area contributed by atoms with Crippen LogP contribution < -0.4 is 9.47 Å². The summed E-state index contributed by atoms with van der Waals surface area (Å²) in [7, 11) is 5.49. The standard InChI is InChI=1S/C25H25NO5/c1-26-11-10-24-18-13-4-7-16(29-2)21(18)31-22(24)25(30-3)9-8-23(24,17(26)12-13)19-14(27)5-6-15(28)20(19)25/h4-9,17,22,27-28H,10-12H2,1-3H3. The molecule has 2 N–H and O–H groups in total. The number of hydrogen-bond donors (Lipinski definition) is 2. The number of aromatic hydroxyl groups is 2. The van der Waals surface area contributed by atoms with Crippen LogP contribution in [0.15, 0.2) is 36.4 Å². The maximum atomic E-state index is 11.3. The average molecular weight is 419 g/mol. The van der Waals surface area contributed by atoms with Crippen LogP contribution in [0.2, 0.25) is 0 Å². The Balaban J connectivity index is 1.70. The van der Waals surface area contributed by atoms with Crippen LogP contribution in [0.5, 0.6) is 23.0 Å². The van der Waals surface area contributed by atoms with Gasteiger partial charge < -0.3 is 29.3 Å². The van der Waals surface area contributed by atoms with Crippen molar-refractivity contribution in [1.82, 2.24) is 4.90 Å². The lowest BCUT2D eigenvalue weighted by atomic mass is 9.37. The third kappa shape index (κ3) is 1.55. The second kappa shape index (κ2) is 5.19. The molecule has 6 heteroatoms. The fourth-order valence-electron chi connectivity index (χ4n) is 7.87. The first-order valence-corrected chi connectivity index (χ1v) is 10.8. The zero-order chi connectivity index (χ0) is 21.3. The van der Waals surface area contributed by atoms with E-state index in [0.29, 0.717) is 5.56 Å². The third-order valence-corrected chi connectivity index (χ3v) is 8.91. The van der Waals surface area contributed by atoms with Crippen LogP contribution in [0.25, 0.3) is 0 Å². The molecule has 0 aromatic heterocycles. The molecule has 2 aliphatic heterocycles. The minimum atomic E-state index is -1.00. The second-order valence-corrected chi connectivity index (χ2v) is 9.60. The largest absolute Gasteiger partial charge is 0.508 e. The Morgan fingerprint density at radius 3 is 2.55 bits per heavy atom.